The molecule has 1 aromatic carbocycles. The second-order valence-electron chi connectivity index (χ2n) is 8.78. The number of amides is 1. The van der Waals surface area contributed by atoms with E-state index in [0.29, 0.717) is 12.0 Å². The van der Waals surface area contributed by atoms with E-state index in [1.807, 2.05) is 0 Å². The molecule has 1 aliphatic carbocycles. The fraction of sp³-hybridized carbons (Fsp3) is 0.591. The van der Waals surface area contributed by atoms with Gasteiger partial charge in [0.25, 0.3) is 5.91 Å². The number of hydrogen-bond donors (Lipinski definition) is 1. The summed E-state index contributed by atoms with van der Waals surface area (Å²) in [6.07, 6.45) is 4.98. The third-order valence-corrected chi connectivity index (χ3v) is 8.54. The van der Waals surface area contributed by atoms with Gasteiger partial charge in [0.2, 0.25) is 0 Å². The minimum absolute atomic E-state index is 0.124. The first-order chi connectivity index (χ1) is 13.7. The molecule has 148 valence electrons. The molecule has 2 aromatic rings. The minimum atomic E-state index is 0.124. The van der Waals surface area contributed by atoms with Crippen molar-refractivity contribution in [2.45, 2.75) is 37.3 Å². The molecule has 5 heterocycles. The number of ether oxygens (including phenoxy) is 1. The van der Waals surface area contributed by atoms with Crippen LogP contribution >= 0.6 is 11.3 Å². The van der Waals surface area contributed by atoms with Gasteiger partial charge in [0, 0.05) is 18.6 Å². The quantitative estimate of drug-likeness (QED) is 0.865. The van der Waals surface area contributed by atoms with Gasteiger partial charge in [-0.3, -0.25) is 9.69 Å². The maximum Gasteiger partial charge on any atom is 0.261 e. The number of nitrogens with zero attached hydrogens (tertiary/aromatic N) is 2. The summed E-state index contributed by atoms with van der Waals surface area (Å²) in [6.45, 7) is 5.83. The Morgan fingerprint density at radius 1 is 1.14 bits per heavy atom. The normalized spacial score (nSPS) is 30.7. The molecule has 5 aliphatic rings. The average molecular weight is 398 g/mol. The summed E-state index contributed by atoms with van der Waals surface area (Å²) in [7, 11) is 0. The van der Waals surface area contributed by atoms with Crippen LogP contribution in [-0.4, -0.2) is 61.8 Å². The van der Waals surface area contributed by atoms with E-state index in [-0.39, 0.29) is 11.4 Å². The van der Waals surface area contributed by atoms with Gasteiger partial charge in [-0.25, -0.2) is 0 Å². The van der Waals surface area contributed by atoms with E-state index in [0.717, 1.165) is 31.2 Å². The van der Waals surface area contributed by atoms with E-state index in [2.05, 4.69) is 39.4 Å². The highest BCUT2D eigenvalue weighted by Crippen LogP contribution is 2.53. The Balaban J connectivity index is 1.28. The maximum atomic E-state index is 13.2. The number of carbonyl (C=O) groups is 1. The lowest BCUT2D eigenvalue weighted by Crippen LogP contribution is -2.65. The molecule has 1 aromatic heterocycles. The summed E-state index contributed by atoms with van der Waals surface area (Å²) in [5.41, 5.74) is 1.53. The van der Waals surface area contributed by atoms with Gasteiger partial charge < -0.3 is 15.0 Å². The van der Waals surface area contributed by atoms with Gasteiger partial charge in [-0.1, -0.05) is 12.1 Å². The summed E-state index contributed by atoms with van der Waals surface area (Å²) in [6, 6.07) is 8.84. The van der Waals surface area contributed by atoms with Gasteiger partial charge >= 0.3 is 0 Å². The molecule has 28 heavy (non-hydrogen) atoms. The van der Waals surface area contributed by atoms with E-state index in [9.17, 15) is 4.79 Å². The number of benzene rings is 1. The topological polar surface area (TPSA) is 44.8 Å². The van der Waals surface area contributed by atoms with Crippen LogP contribution < -0.4 is 10.2 Å². The zero-order valence-electron chi connectivity index (χ0n) is 16.2. The summed E-state index contributed by atoms with van der Waals surface area (Å²) in [4.78, 5) is 19.1. The fourth-order valence-electron chi connectivity index (χ4n) is 5.75. The van der Waals surface area contributed by atoms with Gasteiger partial charge in [0.15, 0.2) is 0 Å². The largest absolute Gasteiger partial charge is 0.378 e. The number of anilines is 1. The van der Waals surface area contributed by atoms with Crippen molar-refractivity contribution in [1.29, 1.82) is 0 Å². The van der Waals surface area contributed by atoms with Crippen LogP contribution in [-0.2, 0) is 4.74 Å². The van der Waals surface area contributed by atoms with Crippen molar-refractivity contribution >= 4 is 33.0 Å². The Labute approximate surface area is 169 Å². The van der Waals surface area contributed by atoms with Gasteiger partial charge in [-0.05, 0) is 62.2 Å². The second kappa shape index (κ2) is 6.44. The number of hydrogen-bond acceptors (Lipinski definition) is 5. The summed E-state index contributed by atoms with van der Waals surface area (Å²) in [5.74, 6) is 0.786. The smallest absolute Gasteiger partial charge is 0.261 e. The Morgan fingerprint density at radius 2 is 1.93 bits per heavy atom. The average Bonchev–Trinajstić information content (AvgIpc) is 3.39. The van der Waals surface area contributed by atoms with E-state index in [1.165, 1.54) is 54.5 Å². The van der Waals surface area contributed by atoms with Crippen molar-refractivity contribution in [2.24, 2.45) is 5.92 Å². The van der Waals surface area contributed by atoms with Crippen molar-refractivity contribution in [1.82, 2.24) is 10.2 Å². The number of morpholine rings is 1. The van der Waals surface area contributed by atoms with Crippen LogP contribution in [0.4, 0.5) is 5.69 Å². The molecule has 4 aliphatic heterocycles. The Morgan fingerprint density at radius 3 is 2.68 bits per heavy atom. The summed E-state index contributed by atoms with van der Waals surface area (Å²) < 4.78 is 6.73. The Kier molecular flexibility index (Phi) is 3.97. The van der Waals surface area contributed by atoms with E-state index in [1.54, 1.807) is 11.3 Å². The molecule has 1 N–H and O–H groups in total. The highest BCUT2D eigenvalue weighted by Gasteiger charge is 2.60. The van der Waals surface area contributed by atoms with E-state index in [4.69, 9.17) is 4.74 Å². The molecule has 5 nitrogen and oxygen atoms in total. The monoisotopic (exact) mass is 397 g/mol. The van der Waals surface area contributed by atoms with Crippen molar-refractivity contribution in [3.63, 3.8) is 0 Å². The lowest BCUT2D eigenvalue weighted by molar-refractivity contribution is -0.00138. The Hall–Kier alpha value is -1.63. The van der Waals surface area contributed by atoms with Crippen molar-refractivity contribution in [3.05, 3.63) is 29.1 Å². The molecule has 1 amide bonds. The van der Waals surface area contributed by atoms with Gasteiger partial charge in [0.1, 0.15) is 0 Å². The molecular weight excluding hydrogens is 370 g/mol. The number of nitrogens with one attached hydrogen (secondary N) is 1. The first kappa shape index (κ1) is 17.2. The number of carbonyl (C=O) groups excluding carboxylic acids is 1. The first-order valence-corrected chi connectivity index (χ1v) is 11.5. The van der Waals surface area contributed by atoms with Crippen LogP contribution in [0, 0.1) is 5.92 Å². The second-order valence-corrected chi connectivity index (χ2v) is 9.84. The zero-order chi connectivity index (χ0) is 18.7. The van der Waals surface area contributed by atoms with Crippen LogP contribution in [0.1, 0.15) is 35.4 Å². The highest BCUT2D eigenvalue weighted by molar-refractivity contribution is 7.21. The van der Waals surface area contributed by atoms with Crippen LogP contribution in [0.3, 0.4) is 0 Å². The molecule has 1 atom stereocenters. The molecule has 1 saturated carbocycles. The molecule has 2 bridgehead atoms. The SMILES string of the molecule is O=C(N[C@@H]1C2CCN(CC2)C12CC2)c1cc2cccc(N3CCOCC3)c2s1. The molecule has 0 radical (unpaired) electrons. The lowest BCUT2D eigenvalue weighted by atomic mass is 9.77. The zero-order valence-corrected chi connectivity index (χ0v) is 17.0. The van der Waals surface area contributed by atoms with Crippen LogP contribution in [0.15, 0.2) is 24.3 Å². The van der Waals surface area contributed by atoms with Crippen LogP contribution in [0.5, 0.6) is 0 Å². The fourth-order valence-corrected chi connectivity index (χ4v) is 6.85. The first-order valence-electron chi connectivity index (χ1n) is 10.7. The van der Waals surface area contributed by atoms with E-state index >= 15 is 0 Å². The number of fused-ring (bicyclic) bond motifs is 3. The lowest BCUT2D eigenvalue weighted by Gasteiger charge is -2.52. The molecule has 0 unspecified atom stereocenters. The van der Waals surface area contributed by atoms with Crippen LogP contribution in [0.25, 0.3) is 10.1 Å². The molecule has 1 spiro atoms. The predicted molar refractivity (Wildman–Crippen MR) is 112 cm³/mol. The summed E-state index contributed by atoms with van der Waals surface area (Å²) >= 11 is 1.65. The molecule has 4 saturated heterocycles. The molecule has 5 fully saturated rings. The highest BCUT2D eigenvalue weighted by atomic mass is 32.1. The summed E-state index contributed by atoms with van der Waals surface area (Å²) in [5, 5.41) is 4.65. The van der Waals surface area contributed by atoms with Gasteiger partial charge in [-0.2, -0.15) is 0 Å². The van der Waals surface area contributed by atoms with Crippen molar-refractivity contribution in [2.75, 3.05) is 44.3 Å². The van der Waals surface area contributed by atoms with Gasteiger partial charge in [0.05, 0.1) is 34.5 Å². The van der Waals surface area contributed by atoms with Crippen molar-refractivity contribution in [3.8, 4) is 0 Å². The van der Waals surface area contributed by atoms with Crippen molar-refractivity contribution < 1.29 is 9.53 Å². The minimum Gasteiger partial charge on any atom is -0.378 e. The van der Waals surface area contributed by atoms with Crippen LogP contribution in [0.2, 0.25) is 0 Å². The predicted octanol–water partition coefficient (Wildman–Crippen LogP) is 3.09. The van der Waals surface area contributed by atoms with Gasteiger partial charge in [-0.15, -0.1) is 11.3 Å². The molecular formula is C22H27N3O2S. The third-order valence-electron chi connectivity index (χ3n) is 7.37. The maximum absolute atomic E-state index is 13.2. The standard InChI is InChI=1S/C22H27N3O2S/c26-21(23-20-15-4-8-25(9-5-15)22(20)6-7-22)18-14-16-2-1-3-17(19(16)28-18)24-10-12-27-13-11-24/h1-3,14-15,20H,4-13H2,(H,23,26)/t20-/m1/s1. The number of rotatable bonds is 3. The third kappa shape index (κ3) is 2.61. The number of piperidine rings is 3. The molecule has 6 heteroatoms. The Bertz CT molecular complexity index is 908. The van der Waals surface area contributed by atoms with E-state index < -0.39 is 0 Å². The molecule has 7 rings (SSSR count). The number of thiophene rings is 1.